The lowest BCUT2D eigenvalue weighted by molar-refractivity contribution is -0.138. The van der Waals surface area contributed by atoms with E-state index < -0.39 is 22.0 Å². The average Bonchev–Trinajstić information content (AvgIpc) is 3.40. The van der Waals surface area contributed by atoms with Gasteiger partial charge in [0.25, 0.3) is 10.0 Å². The lowest BCUT2D eigenvalue weighted by atomic mass is 10.1. The van der Waals surface area contributed by atoms with Crippen molar-refractivity contribution in [2.24, 2.45) is 0 Å². The lowest BCUT2D eigenvalue weighted by Crippen LogP contribution is -2.41. The number of phenolic OH excluding ortho intramolecular Hbond substituents is 1. The molecule has 4 aromatic rings. The SMILES string of the molecule is Cc1ccc(C#Cc2ccc(S(=O)(=O)NC(Cc3c[nH]c4cc(O)ccc34)C(=O)O)s2)cc1. The first kappa shape index (κ1) is 22.6. The van der Waals surface area contributed by atoms with Gasteiger partial charge in [0, 0.05) is 35.2 Å². The monoisotopic (exact) mass is 480 g/mol. The van der Waals surface area contributed by atoms with Gasteiger partial charge < -0.3 is 15.2 Å². The van der Waals surface area contributed by atoms with Crippen LogP contribution in [0.25, 0.3) is 10.9 Å². The fourth-order valence-corrected chi connectivity index (χ4v) is 5.66. The molecule has 33 heavy (non-hydrogen) atoms. The van der Waals surface area contributed by atoms with Crippen molar-refractivity contribution in [3.8, 4) is 17.6 Å². The number of nitrogens with one attached hydrogen (secondary N) is 2. The molecule has 2 aromatic carbocycles. The van der Waals surface area contributed by atoms with Crippen molar-refractivity contribution < 1.29 is 23.4 Å². The molecule has 0 bridgehead atoms. The zero-order chi connectivity index (χ0) is 23.6. The smallest absolute Gasteiger partial charge is 0.322 e. The number of phenols is 1. The lowest BCUT2D eigenvalue weighted by Gasteiger charge is -2.13. The maximum Gasteiger partial charge on any atom is 0.322 e. The van der Waals surface area contributed by atoms with Gasteiger partial charge in [0.15, 0.2) is 0 Å². The van der Waals surface area contributed by atoms with E-state index in [1.54, 1.807) is 18.3 Å². The number of carboxylic acids is 1. The van der Waals surface area contributed by atoms with E-state index in [0.717, 1.165) is 22.5 Å². The highest BCUT2D eigenvalue weighted by molar-refractivity contribution is 7.91. The van der Waals surface area contributed by atoms with Gasteiger partial charge in [0.2, 0.25) is 0 Å². The van der Waals surface area contributed by atoms with Crippen molar-refractivity contribution in [2.75, 3.05) is 0 Å². The number of hydrogen-bond acceptors (Lipinski definition) is 5. The molecule has 2 aromatic heterocycles. The minimum Gasteiger partial charge on any atom is -0.508 e. The highest BCUT2D eigenvalue weighted by Gasteiger charge is 2.27. The molecular formula is C24H20N2O5S2. The number of thiophene rings is 1. The molecule has 4 N–H and O–H groups in total. The van der Waals surface area contributed by atoms with Crippen molar-refractivity contribution in [1.29, 1.82) is 0 Å². The summed E-state index contributed by atoms with van der Waals surface area (Å²) < 4.78 is 28.0. The predicted molar refractivity (Wildman–Crippen MR) is 127 cm³/mol. The van der Waals surface area contributed by atoms with Crippen LogP contribution in [0, 0.1) is 18.8 Å². The Morgan fingerprint density at radius 2 is 1.88 bits per heavy atom. The molecule has 0 aliphatic heterocycles. The normalized spacial score (nSPS) is 12.3. The molecule has 0 saturated carbocycles. The van der Waals surface area contributed by atoms with Crippen LogP contribution in [0.3, 0.4) is 0 Å². The Bertz CT molecular complexity index is 1490. The first-order valence-electron chi connectivity index (χ1n) is 9.94. The van der Waals surface area contributed by atoms with Gasteiger partial charge in [-0.25, -0.2) is 8.42 Å². The molecule has 7 nitrogen and oxygen atoms in total. The van der Waals surface area contributed by atoms with E-state index in [0.29, 0.717) is 21.3 Å². The molecule has 0 aliphatic carbocycles. The standard InChI is InChI=1S/C24H20N2O5S2/c1-15-2-4-16(5-3-15)6-8-19-9-11-23(32-19)33(30,31)26-22(24(28)29)12-17-14-25-21-13-18(27)7-10-20(17)21/h2-5,7,9-11,13-14,22,25-27H,12H2,1H3,(H,28,29). The Hall–Kier alpha value is -3.58. The second-order valence-electron chi connectivity index (χ2n) is 7.49. The first-order valence-corrected chi connectivity index (χ1v) is 12.2. The molecule has 0 spiro atoms. The van der Waals surface area contributed by atoms with Gasteiger partial charge in [-0.05, 0) is 48.9 Å². The average molecular weight is 481 g/mol. The van der Waals surface area contributed by atoms with Gasteiger partial charge >= 0.3 is 5.97 Å². The van der Waals surface area contributed by atoms with Gasteiger partial charge in [-0.3, -0.25) is 4.79 Å². The number of fused-ring (bicyclic) bond motifs is 1. The second-order valence-corrected chi connectivity index (χ2v) is 10.5. The molecule has 2 heterocycles. The van der Waals surface area contributed by atoms with Crippen LogP contribution in [-0.4, -0.2) is 35.6 Å². The Morgan fingerprint density at radius 3 is 2.61 bits per heavy atom. The third kappa shape index (κ3) is 5.26. The van der Waals surface area contributed by atoms with Crippen LogP contribution < -0.4 is 4.72 Å². The number of carboxylic acid groups (broad SMARTS) is 1. The van der Waals surface area contributed by atoms with Gasteiger partial charge in [-0.15, -0.1) is 11.3 Å². The molecular weight excluding hydrogens is 460 g/mol. The number of aromatic amines is 1. The Labute approximate surface area is 194 Å². The summed E-state index contributed by atoms with van der Waals surface area (Å²) in [6, 6.07) is 14.0. The third-order valence-corrected chi connectivity index (χ3v) is 7.96. The summed E-state index contributed by atoms with van der Waals surface area (Å²) in [5, 5.41) is 19.9. The van der Waals surface area contributed by atoms with Crippen molar-refractivity contribution in [3.05, 3.63) is 82.4 Å². The van der Waals surface area contributed by atoms with Gasteiger partial charge in [-0.1, -0.05) is 29.5 Å². The fourth-order valence-electron chi connectivity index (χ4n) is 3.29. The summed E-state index contributed by atoms with van der Waals surface area (Å²) in [5.41, 5.74) is 3.19. The van der Waals surface area contributed by atoms with E-state index in [9.17, 15) is 23.4 Å². The second kappa shape index (κ2) is 9.11. The van der Waals surface area contributed by atoms with Crippen LogP contribution in [0.5, 0.6) is 5.75 Å². The summed E-state index contributed by atoms with van der Waals surface area (Å²) in [5.74, 6) is 4.72. The molecule has 1 unspecified atom stereocenters. The van der Waals surface area contributed by atoms with E-state index in [4.69, 9.17) is 0 Å². The van der Waals surface area contributed by atoms with Gasteiger partial charge in [0.05, 0.1) is 4.88 Å². The van der Waals surface area contributed by atoms with E-state index >= 15 is 0 Å². The number of aromatic hydroxyl groups is 1. The quantitative estimate of drug-likeness (QED) is 0.314. The third-order valence-electron chi connectivity index (χ3n) is 5.00. The molecule has 168 valence electrons. The summed E-state index contributed by atoms with van der Waals surface area (Å²) >= 11 is 0.977. The minimum atomic E-state index is -4.07. The van der Waals surface area contributed by atoms with Crippen LogP contribution in [0.2, 0.25) is 0 Å². The number of sulfonamides is 1. The molecule has 0 fully saturated rings. The van der Waals surface area contributed by atoms with Crippen LogP contribution in [0.4, 0.5) is 0 Å². The predicted octanol–water partition coefficient (Wildman–Crippen LogP) is 3.62. The van der Waals surface area contributed by atoms with E-state index in [1.165, 1.54) is 18.2 Å². The zero-order valence-corrected chi connectivity index (χ0v) is 19.1. The molecule has 0 saturated heterocycles. The Morgan fingerprint density at radius 1 is 1.12 bits per heavy atom. The zero-order valence-electron chi connectivity index (χ0n) is 17.5. The number of carbonyl (C=O) groups is 1. The number of rotatable bonds is 6. The molecule has 0 radical (unpaired) electrons. The maximum atomic E-state index is 12.9. The number of aliphatic carboxylic acids is 1. The summed E-state index contributed by atoms with van der Waals surface area (Å²) in [6.07, 6.45) is 1.54. The van der Waals surface area contributed by atoms with Crippen molar-refractivity contribution >= 4 is 38.2 Å². The number of hydrogen-bond donors (Lipinski definition) is 4. The number of aryl methyl sites for hydroxylation is 1. The highest BCUT2D eigenvalue weighted by atomic mass is 32.2. The number of aromatic nitrogens is 1. The largest absolute Gasteiger partial charge is 0.508 e. The van der Waals surface area contributed by atoms with Gasteiger partial charge in [0.1, 0.15) is 16.0 Å². The Kier molecular flexibility index (Phi) is 6.24. The molecule has 4 rings (SSSR count). The van der Waals surface area contributed by atoms with Crippen molar-refractivity contribution in [1.82, 2.24) is 9.71 Å². The van der Waals surface area contributed by atoms with E-state index in [2.05, 4.69) is 21.5 Å². The summed E-state index contributed by atoms with van der Waals surface area (Å²) in [7, 11) is -4.07. The van der Waals surface area contributed by atoms with Crippen LogP contribution >= 0.6 is 11.3 Å². The summed E-state index contributed by atoms with van der Waals surface area (Å²) in [4.78, 5) is 15.3. The molecule has 0 amide bonds. The van der Waals surface area contributed by atoms with Crippen LogP contribution in [0.15, 0.2) is 65.0 Å². The van der Waals surface area contributed by atoms with Crippen LogP contribution in [0.1, 0.15) is 21.6 Å². The van der Waals surface area contributed by atoms with Crippen molar-refractivity contribution in [3.63, 3.8) is 0 Å². The van der Waals surface area contributed by atoms with Gasteiger partial charge in [-0.2, -0.15) is 4.72 Å². The first-order chi connectivity index (χ1) is 15.7. The molecule has 9 heteroatoms. The van der Waals surface area contributed by atoms with E-state index in [1.807, 2.05) is 31.2 Å². The summed E-state index contributed by atoms with van der Waals surface area (Å²) in [6.45, 7) is 1.98. The van der Waals surface area contributed by atoms with Crippen LogP contribution in [-0.2, 0) is 21.2 Å². The number of benzene rings is 2. The highest BCUT2D eigenvalue weighted by Crippen LogP contribution is 2.25. The maximum absolute atomic E-state index is 12.9. The fraction of sp³-hybridized carbons (Fsp3) is 0.125. The minimum absolute atomic E-state index is 0.00851. The van der Waals surface area contributed by atoms with E-state index in [-0.39, 0.29) is 16.4 Å². The molecule has 0 aliphatic rings. The Balaban J connectivity index is 1.52. The van der Waals surface area contributed by atoms with Crippen molar-refractivity contribution in [2.45, 2.75) is 23.6 Å². The topological polar surface area (TPSA) is 119 Å². The molecule has 1 atom stereocenters. The number of H-pyrrole nitrogens is 1.